The minimum Gasteiger partial charge on any atom is -0.507 e. The Kier molecular flexibility index (Phi) is 4.38. The third kappa shape index (κ3) is 3.71. The molecule has 118 valence electrons. The molecule has 1 N–H and O–H groups in total. The second kappa shape index (κ2) is 5.80. The summed E-state index contributed by atoms with van der Waals surface area (Å²) in [6.45, 7) is 12.6. The van der Waals surface area contributed by atoms with E-state index in [0.717, 1.165) is 16.7 Å². The first-order valence-electron chi connectivity index (χ1n) is 7.27. The van der Waals surface area contributed by atoms with Gasteiger partial charge in [0, 0.05) is 17.3 Å². The number of nitrogens with zero attached hydrogens (tertiary/aromatic N) is 3. The van der Waals surface area contributed by atoms with E-state index in [2.05, 4.69) is 56.7 Å². The van der Waals surface area contributed by atoms with E-state index in [1.807, 2.05) is 12.1 Å². The topological polar surface area (TPSA) is 58.4 Å². The maximum absolute atomic E-state index is 10.7. The molecule has 0 aliphatic heterocycles. The summed E-state index contributed by atoms with van der Waals surface area (Å²) in [6.07, 6.45) is 1.78. The molecule has 0 unspecified atom stereocenters. The van der Waals surface area contributed by atoms with Crippen LogP contribution in [-0.4, -0.2) is 21.5 Å². The monoisotopic (exact) mass is 317 g/mol. The lowest BCUT2D eigenvalue weighted by molar-refractivity contribution is 0.423. The van der Waals surface area contributed by atoms with Gasteiger partial charge in [-0.3, -0.25) is 0 Å². The molecule has 0 saturated heterocycles. The van der Waals surface area contributed by atoms with Crippen LogP contribution >= 0.6 is 11.3 Å². The number of benzene rings is 1. The minimum atomic E-state index is -0.142. The predicted molar refractivity (Wildman–Crippen MR) is 92.7 cm³/mol. The first kappa shape index (κ1) is 16.6. The van der Waals surface area contributed by atoms with Crippen molar-refractivity contribution in [1.82, 2.24) is 10.2 Å². The SMILES string of the molecule is CC(C)(C)c1cc(C=Nc2nncs2)cc(C(C)(C)C)c1O. The molecule has 0 aliphatic rings. The molecular formula is C17H23N3OS. The molecule has 1 aromatic heterocycles. The molecule has 0 radical (unpaired) electrons. The molecule has 0 atom stereocenters. The lowest BCUT2D eigenvalue weighted by Gasteiger charge is -2.27. The maximum atomic E-state index is 10.7. The average molecular weight is 317 g/mol. The Bertz CT molecular complexity index is 642. The highest BCUT2D eigenvalue weighted by Crippen LogP contribution is 2.39. The molecule has 0 saturated carbocycles. The van der Waals surface area contributed by atoms with Crippen molar-refractivity contribution in [2.45, 2.75) is 52.4 Å². The Balaban J connectivity index is 2.55. The highest BCUT2D eigenvalue weighted by atomic mass is 32.1. The van der Waals surface area contributed by atoms with Gasteiger partial charge in [0.05, 0.1) is 0 Å². The quantitative estimate of drug-likeness (QED) is 0.824. The summed E-state index contributed by atoms with van der Waals surface area (Å²) in [5.74, 6) is 0.382. The van der Waals surface area contributed by atoms with Crippen LogP contribution in [0.3, 0.4) is 0 Å². The highest BCUT2D eigenvalue weighted by molar-refractivity contribution is 7.13. The molecule has 1 heterocycles. The van der Waals surface area contributed by atoms with Gasteiger partial charge in [0.15, 0.2) is 0 Å². The van der Waals surface area contributed by atoms with E-state index < -0.39 is 0 Å². The Labute approximate surface area is 136 Å². The Hall–Kier alpha value is -1.75. The number of hydrogen-bond donors (Lipinski definition) is 1. The molecule has 0 aliphatic carbocycles. The molecular weight excluding hydrogens is 294 g/mol. The van der Waals surface area contributed by atoms with Crippen molar-refractivity contribution < 1.29 is 5.11 Å². The van der Waals surface area contributed by atoms with Crippen LogP contribution in [0, 0.1) is 0 Å². The van der Waals surface area contributed by atoms with Crippen molar-refractivity contribution in [2.24, 2.45) is 4.99 Å². The first-order valence-corrected chi connectivity index (χ1v) is 8.15. The molecule has 22 heavy (non-hydrogen) atoms. The molecule has 0 spiro atoms. The Morgan fingerprint density at radius 2 is 1.59 bits per heavy atom. The summed E-state index contributed by atoms with van der Waals surface area (Å²) < 4.78 is 0. The first-order chi connectivity index (χ1) is 10.1. The number of phenols is 1. The van der Waals surface area contributed by atoms with E-state index in [1.54, 1.807) is 11.7 Å². The summed E-state index contributed by atoms with van der Waals surface area (Å²) in [7, 11) is 0. The smallest absolute Gasteiger partial charge is 0.231 e. The number of aliphatic imine (C=N–C) groups is 1. The normalized spacial score (nSPS) is 13.0. The zero-order chi connectivity index (χ0) is 16.5. The van der Waals surface area contributed by atoms with Crippen LogP contribution in [-0.2, 0) is 10.8 Å². The molecule has 2 aromatic rings. The van der Waals surface area contributed by atoms with Gasteiger partial charge in [0.1, 0.15) is 11.3 Å². The van der Waals surface area contributed by atoms with Gasteiger partial charge in [-0.15, -0.1) is 10.2 Å². The van der Waals surface area contributed by atoms with Crippen molar-refractivity contribution in [2.75, 3.05) is 0 Å². The van der Waals surface area contributed by atoms with Gasteiger partial charge in [-0.05, 0) is 28.5 Å². The molecule has 0 fully saturated rings. The average Bonchev–Trinajstić information content (AvgIpc) is 2.87. The van der Waals surface area contributed by atoms with Gasteiger partial charge in [-0.2, -0.15) is 0 Å². The van der Waals surface area contributed by atoms with E-state index >= 15 is 0 Å². The zero-order valence-electron chi connectivity index (χ0n) is 14.0. The second-order valence-corrected chi connectivity index (χ2v) is 8.26. The molecule has 0 bridgehead atoms. The van der Waals surface area contributed by atoms with E-state index in [9.17, 15) is 5.11 Å². The van der Waals surface area contributed by atoms with E-state index in [0.29, 0.717) is 10.9 Å². The van der Waals surface area contributed by atoms with Crippen LogP contribution in [0.5, 0.6) is 5.75 Å². The fourth-order valence-electron chi connectivity index (χ4n) is 2.23. The van der Waals surface area contributed by atoms with E-state index in [-0.39, 0.29) is 10.8 Å². The van der Waals surface area contributed by atoms with Gasteiger partial charge in [-0.1, -0.05) is 52.9 Å². The van der Waals surface area contributed by atoms with E-state index in [4.69, 9.17) is 0 Å². The van der Waals surface area contributed by atoms with Crippen molar-refractivity contribution in [3.8, 4) is 5.75 Å². The number of aromatic nitrogens is 2. The van der Waals surface area contributed by atoms with Gasteiger partial charge >= 0.3 is 0 Å². The van der Waals surface area contributed by atoms with Crippen LogP contribution in [0.1, 0.15) is 58.2 Å². The largest absolute Gasteiger partial charge is 0.507 e. The molecule has 1 aromatic carbocycles. The van der Waals surface area contributed by atoms with Crippen molar-refractivity contribution >= 4 is 22.7 Å². The fourth-order valence-corrected chi connectivity index (χ4v) is 2.62. The van der Waals surface area contributed by atoms with Crippen LogP contribution in [0.2, 0.25) is 0 Å². The second-order valence-electron chi connectivity index (χ2n) is 7.44. The maximum Gasteiger partial charge on any atom is 0.231 e. The van der Waals surface area contributed by atoms with Crippen LogP contribution < -0.4 is 0 Å². The van der Waals surface area contributed by atoms with Gasteiger partial charge < -0.3 is 5.11 Å². The lowest BCUT2D eigenvalue weighted by Crippen LogP contribution is -2.17. The lowest BCUT2D eigenvalue weighted by atomic mass is 9.78. The standard InChI is InChI=1S/C17H23N3OS/c1-16(2,3)12-7-11(9-18-15-20-19-10-22-15)8-13(14(12)21)17(4,5)6/h7-10,21H,1-6H3. The Morgan fingerprint density at radius 1 is 1.05 bits per heavy atom. The summed E-state index contributed by atoms with van der Waals surface area (Å²) in [6, 6.07) is 3.99. The predicted octanol–water partition coefficient (Wildman–Crippen LogP) is 4.59. The van der Waals surface area contributed by atoms with Crippen molar-refractivity contribution in [3.05, 3.63) is 34.3 Å². The van der Waals surface area contributed by atoms with Crippen molar-refractivity contribution in [1.29, 1.82) is 0 Å². The number of aromatic hydroxyl groups is 1. The highest BCUT2D eigenvalue weighted by Gasteiger charge is 2.26. The third-order valence-corrected chi connectivity index (χ3v) is 4.02. The summed E-state index contributed by atoms with van der Waals surface area (Å²) in [4.78, 5) is 4.35. The summed E-state index contributed by atoms with van der Waals surface area (Å²) >= 11 is 1.40. The summed E-state index contributed by atoms with van der Waals surface area (Å²) in [5, 5.41) is 19.0. The molecule has 2 rings (SSSR count). The van der Waals surface area contributed by atoms with Crippen molar-refractivity contribution in [3.63, 3.8) is 0 Å². The Morgan fingerprint density at radius 3 is 2.00 bits per heavy atom. The molecule has 0 amide bonds. The zero-order valence-corrected chi connectivity index (χ0v) is 14.8. The van der Waals surface area contributed by atoms with Gasteiger partial charge in [0.25, 0.3) is 0 Å². The molecule has 4 nitrogen and oxygen atoms in total. The van der Waals surface area contributed by atoms with Crippen LogP contribution in [0.4, 0.5) is 5.13 Å². The van der Waals surface area contributed by atoms with Gasteiger partial charge in [0.2, 0.25) is 5.13 Å². The summed E-state index contributed by atoms with van der Waals surface area (Å²) in [5.41, 5.74) is 4.19. The van der Waals surface area contributed by atoms with Crippen LogP contribution in [0.25, 0.3) is 0 Å². The number of rotatable bonds is 2. The minimum absolute atomic E-state index is 0.142. The number of phenolic OH excluding ortho intramolecular Hbond substituents is 1. The van der Waals surface area contributed by atoms with Gasteiger partial charge in [-0.25, -0.2) is 4.99 Å². The number of hydrogen-bond acceptors (Lipinski definition) is 5. The molecule has 5 heteroatoms. The third-order valence-electron chi connectivity index (χ3n) is 3.42. The van der Waals surface area contributed by atoms with E-state index in [1.165, 1.54) is 11.3 Å². The van der Waals surface area contributed by atoms with Crippen LogP contribution in [0.15, 0.2) is 22.6 Å². The fraction of sp³-hybridized carbons (Fsp3) is 0.471.